The molecule has 0 aliphatic carbocycles. The lowest BCUT2D eigenvalue weighted by molar-refractivity contribution is -0.525. The number of nitrogens with two attached hydrogens (primary N) is 3. The van der Waals surface area contributed by atoms with Gasteiger partial charge in [-0.05, 0) is 87.6 Å². The first-order chi connectivity index (χ1) is 30.5. The number of fused-ring (bicyclic) bond motifs is 4. The highest BCUT2D eigenvalue weighted by atomic mass is 16.7. The summed E-state index contributed by atoms with van der Waals surface area (Å²) in [6.07, 6.45) is 1.35. The fourth-order valence-electron chi connectivity index (χ4n) is 7.66. The molecule has 22 nitrogen and oxygen atoms in total. The van der Waals surface area contributed by atoms with E-state index in [1.54, 1.807) is 40.7 Å². The number of amidine groups is 1. The maximum absolute atomic E-state index is 14.2. The normalized spacial score (nSPS) is 18.2. The van der Waals surface area contributed by atoms with Crippen LogP contribution in [0.2, 0.25) is 0 Å². The van der Waals surface area contributed by atoms with Crippen LogP contribution in [0, 0.1) is 16.0 Å². The van der Waals surface area contributed by atoms with Gasteiger partial charge in [0, 0.05) is 30.9 Å². The molecule has 22 heteroatoms. The minimum atomic E-state index is -1.33. The van der Waals surface area contributed by atoms with Crippen molar-refractivity contribution in [1.82, 2.24) is 31.2 Å². The molecule has 2 aromatic carbocycles. The molecule has 0 spiro atoms. The van der Waals surface area contributed by atoms with Crippen LogP contribution in [-0.4, -0.2) is 123 Å². The quantitative estimate of drug-likeness (QED) is 0.0260. The van der Waals surface area contributed by atoms with Crippen molar-refractivity contribution in [3.05, 3.63) is 69.3 Å². The second kappa shape index (κ2) is 22.2. The summed E-state index contributed by atoms with van der Waals surface area (Å²) < 4.78 is 0. The summed E-state index contributed by atoms with van der Waals surface area (Å²) in [6.45, 7) is 5.80. The second-order valence-electron chi connectivity index (χ2n) is 16.3. The van der Waals surface area contributed by atoms with Crippen molar-refractivity contribution in [2.75, 3.05) is 25.0 Å². The van der Waals surface area contributed by atoms with E-state index < -0.39 is 70.9 Å². The third-order valence-corrected chi connectivity index (χ3v) is 11.6. The third kappa shape index (κ3) is 12.1. The molecule has 1 fully saturated rings. The first kappa shape index (κ1) is 48.5. The van der Waals surface area contributed by atoms with Crippen LogP contribution < -0.4 is 43.9 Å². The number of hydrogen-bond acceptors (Lipinski definition) is 13. The van der Waals surface area contributed by atoms with Gasteiger partial charge in [-0.1, -0.05) is 43.9 Å². The molecule has 0 unspecified atom stereocenters. The van der Waals surface area contributed by atoms with Gasteiger partial charge in [-0.3, -0.25) is 33.7 Å². The van der Waals surface area contributed by atoms with Gasteiger partial charge in [0.1, 0.15) is 30.0 Å². The van der Waals surface area contributed by atoms with Crippen molar-refractivity contribution in [3.8, 4) is 0 Å². The number of hydrazine groups is 1. The summed E-state index contributed by atoms with van der Waals surface area (Å²) >= 11 is 0. The zero-order valence-electron chi connectivity index (χ0n) is 36.2. The van der Waals surface area contributed by atoms with Crippen molar-refractivity contribution in [2.45, 2.75) is 115 Å². The Bertz CT molecular complexity index is 2150. The highest BCUT2D eigenvalue weighted by Crippen LogP contribution is 2.35. The molecule has 0 aromatic heterocycles. The average Bonchev–Trinajstić information content (AvgIpc) is 3.87. The molecule has 6 amide bonds. The van der Waals surface area contributed by atoms with E-state index in [4.69, 9.17) is 22.2 Å². The van der Waals surface area contributed by atoms with Crippen molar-refractivity contribution < 1.29 is 38.9 Å². The summed E-state index contributed by atoms with van der Waals surface area (Å²) in [7, 11) is 0. The number of amides is 6. The van der Waals surface area contributed by atoms with Gasteiger partial charge in [0.05, 0.1) is 29.9 Å². The maximum atomic E-state index is 14.2. The molecular weight excluding hydrogens is 831 g/mol. The summed E-state index contributed by atoms with van der Waals surface area (Å²) in [6, 6.07) is 6.94. The summed E-state index contributed by atoms with van der Waals surface area (Å²) in [5.41, 5.74) is 22.2. The van der Waals surface area contributed by atoms with Crippen LogP contribution in [0.4, 0.5) is 11.4 Å². The fraction of sp³-hybridized carbons (Fsp3) is 0.524. The van der Waals surface area contributed by atoms with E-state index in [9.17, 15) is 44.0 Å². The van der Waals surface area contributed by atoms with Gasteiger partial charge in [0.2, 0.25) is 29.5 Å². The number of carbonyl (C=O) groups excluding carboxylic acids is 6. The molecule has 0 radical (unpaired) electrons. The number of anilines is 1. The smallest absolute Gasteiger partial charge is 0.260 e. The summed E-state index contributed by atoms with van der Waals surface area (Å²) in [4.78, 5) is 103. The van der Waals surface area contributed by atoms with Crippen molar-refractivity contribution in [3.63, 3.8) is 0 Å². The SMILES string of the molecule is CC[C@H](C)[C@H](N)C(=O)NCCCC[C@H](NC(=O)[C@@H](N)[C@@H](C)O)C(=O)N1CCC[C@H]1C(=O)N[C@@H](CCCN=C(N)N[N+](=O)[O-])C(=O)Nc1ccc2c(c1)CN1C(=O)c3ccccc3C1=N2. The molecule has 0 saturated carbocycles. The number of benzene rings is 2. The van der Waals surface area contributed by atoms with Gasteiger partial charge in [-0.2, -0.15) is 0 Å². The molecule has 3 aliphatic heterocycles. The Labute approximate surface area is 370 Å². The Morgan fingerprint density at radius 1 is 0.969 bits per heavy atom. The molecular formula is C42H59N13O9. The Morgan fingerprint density at radius 2 is 1.69 bits per heavy atom. The molecule has 3 heterocycles. The molecule has 0 bridgehead atoms. The van der Waals surface area contributed by atoms with E-state index in [0.29, 0.717) is 47.6 Å². The molecule has 3 aliphatic rings. The zero-order valence-corrected chi connectivity index (χ0v) is 36.2. The summed E-state index contributed by atoms with van der Waals surface area (Å²) in [5.74, 6) is -2.95. The van der Waals surface area contributed by atoms with E-state index in [-0.39, 0.29) is 69.6 Å². The van der Waals surface area contributed by atoms with Crippen LogP contribution in [-0.2, 0) is 30.5 Å². The van der Waals surface area contributed by atoms with Crippen molar-refractivity contribution in [1.29, 1.82) is 0 Å². The van der Waals surface area contributed by atoms with Gasteiger partial charge in [-0.15, -0.1) is 0 Å². The number of hydrogen-bond donors (Lipinski definition) is 9. The largest absolute Gasteiger partial charge is 0.391 e. The van der Waals surface area contributed by atoms with Gasteiger partial charge in [-0.25, -0.2) is 20.1 Å². The topological polar surface area (TPSA) is 335 Å². The monoisotopic (exact) mass is 889 g/mol. The van der Waals surface area contributed by atoms with Crippen LogP contribution in [0.1, 0.15) is 93.6 Å². The predicted octanol–water partition coefficient (Wildman–Crippen LogP) is -0.122. The maximum Gasteiger partial charge on any atom is 0.260 e. The molecule has 5 rings (SSSR count). The van der Waals surface area contributed by atoms with E-state index in [1.165, 1.54) is 11.8 Å². The number of rotatable bonds is 21. The Morgan fingerprint density at radius 3 is 2.39 bits per heavy atom. The van der Waals surface area contributed by atoms with Gasteiger partial charge < -0.3 is 48.5 Å². The van der Waals surface area contributed by atoms with E-state index in [2.05, 4.69) is 26.3 Å². The van der Waals surface area contributed by atoms with Crippen LogP contribution in [0.5, 0.6) is 0 Å². The highest BCUT2D eigenvalue weighted by molar-refractivity contribution is 6.24. The molecule has 2 aromatic rings. The van der Waals surface area contributed by atoms with Crippen LogP contribution in [0.15, 0.2) is 52.4 Å². The van der Waals surface area contributed by atoms with Crippen molar-refractivity contribution >= 4 is 58.6 Å². The lowest BCUT2D eigenvalue weighted by Gasteiger charge is -2.30. The molecule has 7 atom stereocenters. The molecule has 12 N–H and O–H groups in total. The lowest BCUT2D eigenvalue weighted by atomic mass is 9.99. The van der Waals surface area contributed by atoms with Gasteiger partial charge >= 0.3 is 0 Å². The molecule has 346 valence electrons. The Hall–Kier alpha value is -6.52. The number of guanidine groups is 1. The zero-order chi connectivity index (χ0) is 46.7. The van der Waals surface area contributed by atoms with E-state index in [0.717, 1.165) is 12.0 Å². The van der Waals surface area contributed by atoms with Crippen LogP contribution in [0.25, 0.3) is 0 Å². The van der Waals surface area contributed by atoms with Gasteiger partial charge in [0.15, 0.2) is 5.03 Å². The number of likely N-dealkylation sites (tertiary alicyclic amines) is 1. The number of aliphatic imine (C=N–C) groups is 2. The number of nitrogens with zero attached hydrogens (tertiary/aromatic N) is 5. The van der Waals surface area contributed by atoms with E-state index in [1.807, 2.05) is 26.0 Å². The van der Waals surface area contributed by atoms with Gasteiger partial charge in [0.25, 0.3) is 11.9 Å². The third-order valence-electron chi connectivity index (χ3n) is 11.6. The Balaban J connectivity index is 1.28. The van der Waals surface area contributed by atoms with Crippen molar-refractivity contribution in [2.24, 2.45) is 33.1 Å². The minimum absolute atomic E-state index is 0.0124. The number of nitro groups is 1. The second-order valence-corrected chi connectivity index (χ2v) is 16.3. The van der Waals surface area contributed by atoms with Crippen LogP contribution in [0.3, 0.4) is 0 Å². The number of nitrogens with one attached hydrogen (secondary N) is 5. The standard InChI is InChI=1S/C42H59N13O9/c1-4-23(2)33(43)38(59)46-18-8-7-13-31(51-39(60)34(44)24(3)56)41(62)53-20-10-15-32(53)37(58)50-30(14-9-19-47-42(45)52-55(63)64)36(57)48-26-16-17-29-25(21-26)22-54-35(49-29)27-11-5-6-12-28(27)40(54)61/h5-6,11-12,16-17,21,23-24,30-34,56H,4,7-10,13-15,18-20,22,43-44H2,1-3H3,(H,46,59)(H,48,57)(H,50,58)(H,51,60)(H3,45,47,52)/t23-,24+,30-,31-,32-,33-,34-/m0/s1. The van der Waals surface area contributed by atoms with Crippen LogP contribution >= 0.6 is 0 Å². The number of unbranched alkanes of at least 4 members (excludes halogenated alkanes) is 1. The first-order valence-corrected chi connectivity index (χ1v) is 21.5. The molecule has 1 saturated heterocycles. The molecule has 64 heavy (non-hydrogen) atoms. The van der Waals surface area contributed by atoms with E-state index >= 15 is 0 Å². The number of aliphatic hydroxyl groups excluding tert-OH is 1. The minimum Gasteiger partial charge on any atom is -0.391 e. The highest BCUT2D eigenvalue weighted by Gasteiger charge is 2.40. The number of carbonyl (C=O) groups is 6. The lowest BCUT2D eigenvalue weighted by Crippen LogP contribution is -2.58. The average molecular weight is 890 g/mol. The number of aliphatic hydroxyl groups is 1. The fourth-order valence-corrected chi connectivity index (χ4v) is 7.66. The summed E-state index contributed by atoms with van der Waals surface area (Å²) in [5, 5.41) is 30.9. The predicted molar refractivity (Wildman–Crippen MR) is 236 cm³/mol. The first-order valence-electron chi connectivity index (χ1n) is 21.5. The Kier molecular flexibility index (Phi) is 16.8.